The molecule has 0 saturated carbocycles. The Morgan fingerprint density at radius 3 is 2.50 bits per heavy atom. The van der Waals surface area contributed by atoms with Gasteiger partial charge < -0.3 is 10.6 Å². The van der Waals surface area contributed by atoms with Gasteiger partial charge in [-0.05, 0) is 24.5 Å². The van der Waals surface area contributed by atoms with Crippen molar-refractivity contribution in [2.75, 3.05) is 30.0 Å². The molecular weight excluding hydrogens is 262 g/mol. The Labute approximate surface area is 117 Å². The monoisotopic (exact) mass is 281 g/mol. The van der Waals surface area contributed by atoms with Gasteiger partial charge in [-0.3, -0.25) is 0 Å². The summed E-state index contributed by atoms with van der Waals surface area (Å²) in [5.41, 5.74) is 7.13. The minimum atomic E-state index is 0.441. The van der Waals surface area contributed by atoms with Gasteiger partial charge in [0.05, 0.1) is 10.6 Å². The summed E-state index contributed by atoms with van der Waals surface area (Å²) in [6.45, 7) is 6.77. The van der Waals surface area contributed by atoms with Crippen LogP contribution in [-0.2, 0) is 0 Å². The van der Waals surface area contributed by atoms with Crippen LogP contribution in [0.1, 0.15) is 31.6 Å². The number of nitriles is 1. The molecule has 2 rings (SSSR count). The van der Waals surface area contributed by atoms with E-state index >= 15 is 0 Å². The first-order valence-corrected chi connectivity index (χ1v) is 8.14. The lowest BCUT2D eigenvalue weighted by Gasteiger charge is -2.37. The quantitative estimate of drug-likeness (QED) is 0.842. The predicted octanol–water partition coefficient (Wildman–Crippen LogP) is 3.55. The van der Waals surface area contributed by atoms with E-state index in [-0.39, 0.29) is 0 Å². The zero-order valence-corrected chi connectivity index (χ0v) is 12.7. The van der Waals surface area contributed by atoms with Gasteiger partial charge in [-0.1, -0.05) is 13.8 Å². The normalized spacial score (nSPS) is 18.7. The molecule has 1 aliphatic rings. The lowest BCUT2D eigenvalue weighted by molar-refractivity contribution is 0.280. The molecule has 1 saturated heterocycles. The van der Waals surface area contributed by atoms with Crippen LogP contribution in [0.5, 0.6) is 0 Å². The lowest BCUT2D eigenvalue weighted by Crippen LogP contribution is -2.37. The van der Waals surface area contributed by atoms with Crippen LogP contribution >= 0.6 is 23.1 Å². The zero-order valence-electron chi connectivity index (χ0n) is 11.1. The highest BCUT2D eigenvalue weighted by Gasteiger charge is 2.28. The Morgan fingerprint density at radius 1 is 1.39 bits per heavy atom. The minimum Gasteiger partial charge on any atom is -0.396 e. The second-order valence-electron chi connectivity index (χ2n) is 5.45. The number of rotatable bonds is 2. The molecule has 2 N–H and O–H groups in total. The first kappa shape index (κ1) is 13.6. The van der Waals surface area contributed by atoms with Crippen LogP contribution in [0.2, 0.25) is 0 Å². The van der Waals surface area contributed by atoms with Gasteiger partial charge in [0.2, 0.25) is 0 Å². The molecule has 5 heteroatoms. The van der Waals surface area contributed by atoms with Crippen molar-refractivity contribution >= 4 is 33.8 Å². The molecule has 1 aromatic heterocycles. The Balaban J connectivity index is 2.27. The molecule has 0 spiro atoms. The first-order chi connectivity index (χ1) is 8.48. The van der Waals surface area contributed by atoms with E-state index in [0.29, 0.717) is 16.0 Å². The second kappa shape index (κ2) is 5.02. The van der Waals surface area contributed by atoms with E-state index in [4.69, 9.17) is 11.0 Å². The highest BCUT2D eigenvalue weighted by molar-refractivity contribution is 7.99. The number of nitrogen functional groups attached to an aromatic ring is 1. The summed E-state index contributed by atoms with van der Waals surface area (Å²) in [4.78, 5) is 4.12. The van der Waals surface area contributed by atoms with Gasteiger partial charge >= 0.3 is 0 Å². The van der Waals surface area contributed by atoms with Gasteiger partial charge in [0, 0.05) is 13.1 Å². The van der Waals surface area contributed by atoms with Crippen molar-refractivity contribution in [3.05, 3.63) is 4.88 Å². The molecule has 0 aromatic carbocycles. The molecule has 0 amide bonds. The van der Waals surface area contributed by atoms with Gasteiger partial charge in [-0.25, -0.2) is 0 Å². The smallest absolute Gasteiger partial charge is 0.131 e. The number of hydrogen-bond acceptors (Lipinski definition) is 5. The standard InChI is InChI=1S/C13H19N3S2/c1-13(2)4-6-16(7-5-13)12-11(17-3)10(15)9(8-14)18-12/h4-7,15H2,1-3H3. The topological polar surface area (TPSA) is 53.0 Å². The molecule has 1 aliphatic heterocycles. The highest BCUT2D eigenvalue weighted by atomic mass is 32.2. The van der Waals surface area contributed by atoms with Gasteiger partial charge in [-0.15, -0.1) is 23.1 Å². The predicted molar refractivity (Wildman–Crippen MR) is 80.5 cm³/mol. The van der Waals surface area contributed by atoms with E-state index in [2.05, 4.69) is 24.8 Å². The van der Waals surface area contributed by atoms with Gasteiger partial charge in [-0.2, -0.15) is 5.26 Å². The molecule has 2 heterocycles. The van der Waals surface area contributed by atoms with E-state index < -0.39 is 0 Å². The van der Waals surface area contributed by atoms with Crippen molar-refractivity contribution in [1.82, 2.24) is 0 Å². The van der Waals surface area contributed by atoms with Crippen molar-refractivity contribution in [3.8, 4) is 6.07 Å². The van der Waals surface area contributed by atoms with Crippen molar-refractivity contribution in [2.24, 2.45) is 5.41 Å². The van der Waals surface area contributed by atoms with Crippen LogP contribution in [0.25, 0.3) is 0 Å². The summed E-state index contributed by atoms with van der Waals surface area (Å²) < 4.78 is 0. The van der Waals surface area contributed by atoms with Gasteiger partial charge in [0.15, 0.2) is 0 Å². The van der Waals surface area contributed by atoms with E-state index in [1.807, 2.05) is 6.26 Å². The van der Waals surface area contributed by atoms with Crippen LogP contribution in [-0.4, -0.2) is 19.3 Å². The first-order valence-electron chi connectivity index (χ1n) is 6.10. The number of nitrogens with zero attached hydrogens (tertiary/aromatic N) is 2. The maximum atomic E-state index is 9.09. The molecule has 0 bridgehead atoms. The summed E-state index contributed by atoms with van der Waals surface area (Å²) in [5, 5.41) is 10.3. The molecule has 3 nitrogen and oxygen atoms in total. The van der Waals surface area contributed by atoms with Crippen LogP contribution in [0, 0.1) is 16.7 Å². The number of thiophene rings is 1. The molecule has 0 unspecified atom stereocenters. The number of anilines is 2. The highest BCUT2D eigenvalue weighted by Crippen LogP contribution is 2.45. The maximum absolute atomic E-state index is 9.09. The fourth-order valence-corrected chi connectivity index (χ4v) is 4.25. The van der Waals surface area contributed by atoms with Crippen LogP contribution in [0.4, 0.5) is 10.7 Å². The number of thioether (sulfide) groups is 1. The van der Waals surface area contributed by atoms with E-state index in [9.17, 15) is 0 Å². The third-order valence-corrected chi connectivity index (χ3v) is 5.71. The van der Waals surface area contributed by atoms with E-state index in [0.717, 1.165) is 18.0 Å². The molecular formula is C13H19N3S2. The average Bonchev–Trinajstić information content (AvgIpc) is 2.65. The van der Waals surface area contributed by atoms with Crippen molar-refractivity contribution < 1.29 is 0 Å². The largest absolute Gasteiger partial charge is 0.396 e. The Morgan fingerprint density at radius 2 is 2.00 bits per heavy atom. The molecule has 0 atom stereocenters. The third kappa shape index (κ3) is 2.45. The molecule has 18 heavy (non-hydrogen) atoms. The van der Waals surface area contributed by atoms with Crippen LogP contribution in [0.15, 0.2) is 4.90 Å². The minimum absolute atomic E-state index is 0.441. The molecule has 0 radical (unpaired) electrons. The number of piperidine rings is 1. The number of hydrogen-bond donors (Lipinski definition) is 1. The Bertz CT molecular complexity index is 475. The van der Waals surface area contributed by atoms with Crippen LogP contribution < -0.4 is 10.6 Å². The summed E-state index contributed by atoms with van der Waals surface area (Å²) >= 11 is 3.18. The summed E-state index contributed by atoms with van der Waals surface area (Å²) in [6, 6.07) is 2.20. The average molecular weight is 281 g/mol. The fraction of sp³-hybridized carbons (Fsp3) is 0.615. The Kier molecular flexibility index (Phi) is 3.79. The summed E-state index contributed by atoms with van der Waals surface area (Å²) in [5.74, 6) is 0. The zero-order chi connectivity index (χ0) is 13.3. The molecule has 1 fully saturated rings. The molecule has 1 aromatic rings. The lowest BCUT2D eigenvalue weighted by atomic mass is 9.83. The van der Waals surface area contributed by atoms with Gasteiger partial charge in [0.1, 0.15) is 15.9 Å². The third-order valence-electron chi connectivity index (χ3n) is 3.59. The second-order valence-corrected chi connectivity index (χ2v) is 7.26. The van der Waals surface area contributed by atoms with Gasteiger partial charge in [0.25, 0.3) is 0 Å². The number of nitrogens with two attached hydrogens (primary N) is 1. The maximum Gasteiger partial charge on any atom is 0.131 e. The fourth-order valence-electron chi connectivity index (χ4n) is 2.22. The van der Waals surface area contributed by atoms with Crippen molar-refractivity contribution in [3.63, 3.8) is 0 Å². The van der Waals surface area contributed by atoms with Crippen molar-refractivity contribution in [1.29, 1.82) is 5.26 Å². The summed E-state index contributed by atoms with van der Waals surface area (Å²) in [7, 11) is 0. The van der Waals surface area contributed by atoms with Crippen LogP contribution in [0.3, 0.4) is 0 Å². The molecule has 0 aliphatic carbocycles. The SMILES string of the molecule is CSc1c(N2CCC(C)(C)CC2)sc(C#N)c1N. The van der Waals surface area contributed by atoms with Crippen molar-refractivity contribution in [2.45, 2.75) is 31.6 Å². The summed E-state index contributed by atoms with van der Waals surface area (Å²) in [6.07, 6.45) is 4.41. The molecule has 98 valence electrons. The Hall–Kier alpha value is -0.860. The van der Waals surface area contributed by atoms with E-state index in [1.54, 1.807) is 11.8 Å². The van der Waals surface area contributed by atoms with E-state index in [1.165, 1.54) is 29.2 Å².